The summed E-state index contributed by atoms with van der Waals surface area (Å²) in [4.78, 5) is 37.8. The fourth-order valence-electron chi connectivity index (χ4n) is 5.22. The molecule has 0 bridgehead atoms. The molecule has 3 aliphatic heterocycles. The number of aryl methyl sites for hydroxylation is 1. The molecule has 1 aromatic heterocycles. The van der Waals surface area contributed by atoms with Gasteiger partial charge in [-0.15, -0.1) is 16.4 Å². The summed E-state index contributed by atoms with van der Waals surface area (Å²) in [6, 6.07) is -0.0577. The third-order valence-corrected chi connectivity index (χ3v) is 8.17. The Hall–Kier alpha value is -2.08. The molecule has 0 aromatic carbocycles. The van der Waals surface area contributed by atoms with Crippen LogP contribution in [0.4, 0.5) is 0 Å². The van der Waals surface area contributed by atoms with E-state index in [9.17, 15) is 24.6 Å². The predicted molar refractivity (Wildman–Crippen MR) is 116 cm³/mol. The summed E-state index contributed by atoms with van der Waals surface area (Å²) in [6.45, 7) is 4.39. The lowest BCUT2D eigenvalue weighted by molar-refractivity contribution is -0.752. The lowest BCUT2D eigenvalue weighted by atomic mass is 9.79. The van der Waals surface area contributed by atoms with Crippen LogP contribution in [0.5, 0.6) is 0 Å². The number of fused-ring (bicyclic) bond motifs is 1. The van der Waals surface area contributed by atoms with Gasteiger partial charge in [-0.25, -0.2) is 4.79 Å². The molecule has 6 atom stereocenters. The van der Waals surface area contributed by atoms with Crippen molar-refractivity contribution in [2.45, 2.75) is 56.7 Å². The maximum Gasteiger partial charge on any atom is 0.353 e. The van der Waals surface area contributed by atoms with Crippen molar-refractivity contribution >= 4 is 29.5 Å². The number of amides is 2. The van der Waals surface area contributed by atoms with E-state index in [4.69, 9.17) is 5.73 Å². The van der Waals surface area contributed by atoms with Crippen LogP contribution in [0.15, 0.2) is 23.0 Å². The maximum absolute atomic E-state index is 12.5. The summed E-state index contributed by atoms with van der Waals surface area (Å²) < 4.78 is 3.61. The molecule has 2 amide bonds. The monoisotopic (exact) mass is 499 g/mol. The number of aliphatic hydroxyl groups excluding tert-OH is 1. The minimum atomic E-state index is -1.09. The van der Waals surface area contributed by atoms with Gasteiger partial charge < -0.3 is 38.6 Å². The Morgan fingerprint density at radius 1 is 1.42 bits per heavy atom. The lowest BCUT2D eigenvalue weighted by Gasteiger charge is -2.46. The zero-order valence-electron chi connectivity index (χ0n) is 18.8. The molecular weight excluding hydrogens is 470 g/mol. The minimum absolute atomic E-state index is 0. The molecule has 1 aromatic rings. The number of aliphatic carboxylic acids is 1. The molecule has 182 valence electrons. The molecule has 2 fully saturated rings. The van der Waals surface area contributed by atoms with Crippen LogP contribution in [-0.4, -0.2) is 67.6 Å². The second-order valence-electron chi connectivity index (χ2n) is 9.03. The Morgan fingerprint density at radius 3 is 2.73 bits per heavy atom. The first kappa shape index (κ1) is 25.5. The summed E-state index contributed by atoms with van der Waals surface area (Å²) in [5, 5.41) is 23.5. The Morgan fingerprint density at radius 2 is 2.12 bits per heavy atom. The number of carboxylic acids is 1. The van der Waals surface area contributed by atoms with Gasteiger partial charge in [0.25, 0.3) is 0 Å². The van der Waals surface area contributed by atoms with Crippen molar-refractivity contribution in [3.8, 4) is 0 Å². The van der Waals surface area contributed by atoms with E-state index in [2.05, 4.69) is 5.32 Å². The number of carbonyl (C=O) groups is 3. The molecule has 0 saturated carbocycles. The average Bonchev–Trinajstić information content (AvgIpc) is 3.32. The first-order valence-electron chi connectivity index (χ1n) is 10.8. The van der Waals surface area contributed by atoms with E-state index in [0.717, 1.165) is 29.9 Å². The number of nitrogens with one attached hydrogen (secondary N) is 1. The highest BCUT2D eigenvalue weighted by molar-refractivity contribution is 8.03. The van der Waals surface area contributed by atoms with Crippen molar-refractivity contribution in [1.29, 1.82) is 0 Å². The summed E-state index contributed by atoms with van der Waals surface area (Å²) in [6.07, 6.45) is 4.74. The van der Waals surface area contributed by atoms with Gasteiger partial charge in [0.05, 0.1) is 24.3 Å². The number of β-lactam (4-membered cyclic amide) rings is 1. The summed E-state index contributed by atoms with van der Waals surface area (Å²) >= 11 is 1.54. The third kappa shape index (κ3) is 4.64. The van der Waals surface area contributed by atoms with Gasteiger partial charge in [0.15, 0.2) is 19.8 Å². The number of hydrogen-bond donors (Lipinski definition) is 4. The van der Waals surface area contributed by atoms with Gasteiger partial charge in [-0.3, -0.25) is 9.59 Å². The van der Waals surface area contributed by atoms with Gasteiger partial charge in [-0.2, -0.15) is 4.68 Å². The number of halogens is 1. The van der Waals surface area contributed by atoms with E-state index >= 15 is 0 Å². The number of carboxylic acid groups (broad SMARTS) is 1. The number of aromatic nitrogens is 2. The number of hydrogen-bond acceptors (Lipinski definition) is 6. The van der Waals surface area contributed by atoms with Crippen molar-refractivity contribution in [3.63, 3.8) is 0 Å². The summed E-state index contributed by atoms with van der Waals surface area (Å²) in [5.74, 6) is -2.46. The van der Waals surface area contributed by atoms with E-state index in [-0.39, 0.29) is 53.8 Å². The molecule has 5 N–H and O–H groups in total. The number of rotatable bonds is 8. The lowest BCUT2D eigenvalue weighted by Crippen LogP contribution is -3.00. The number of thioether (sulfide) groups is 1. The first-order chi connectivity index (χ1) is 15.1. The second kappa shape index (κ2) is 9.65. The Balaban J connectivity index is 0.00000306. The van der Waals surface area contributed by atoms with Crippen molar-refractivity contribution in [2.24, 2.45) is 24.6 Å². The maximum atomic E-state index is 12.5. The number of nitrogens with two attached hydrogens (primary N) is 1. The molecule has 2 saturated heterocycles. The molecule has 4 heterocycles. The SMILES string of the molecule is C[C@@H](O)[C@H]1C(=O)N2C(C(=O)O)=C(S[C@@H]3CN[C@H](Cc4cn(CC(N)=O)[n+](C)c4)C3)[C@H](C)[C@H]12.[Cl-]. The van der Waals surface area contributed by atoms with Crippen LogP contribution in [0.1, 0.15) is 25.8 Å². The van der Waals surface area contributed by atoms with Gasteiger partial charge in [0, 0.05) is 34.2 Å². The normalized spacial score (nSPS) is 29.5. The van der Waals surface area contributed by atoms with Crippen LogP contribution in [0, 0.1) is 11.8 Å². The first-order valence-corrected chi connectivity index (χ1v) is 11.7. The highest BCUT2D eigenvalue weighted by Crippen LogP contribution is 2.51. The minimum Gasteiger partial charge on any atom is -1.00 e. The largest absolute Gasteiger partial charge is 1.00 e. The Labute approximate surface area is 202 Å². The van der Waals surface area contributed by atoms with E-state index in [1.54, 1.807) is 23.4 Å². The standard InChI is InChI=1S/C21H29N5O5S.ClH/c1-10-17-16(11(2)27)20(29)26(17)18(21(30)31)19(10)32-14-5-13(23-6-14)4-12-7-24(3)25(8-12)9-15(22)28;/h7-8,10-11,13-14,16-17,23,27H,4-6,9H2,1-3H3,(H2-,22,28,30,31);1H/t10-,11-,13-,14+,16-,17-;/m1./s1. The second-order valence-corrected chi connectivity index (χ2v) is 10.4. The molecule has 10 nitrogen and oxygen atoms in total. The molecule has 12 heteroatoms. The van der Waals surface area contributed by atoms with Crippen LogP contribution in [0.3, 0.4) is 0 Å². The van der Waals surface area contributed by atoms with Crippen LogP contribution in [0.2, 0.25) is 0 Å². The predicted octanol–water partition coefficient (Wildman–Crippen LogP) is -4.04. The fourth-order valence-corrected chi connectivity index (χ4v) is 6.74. The molecule has 0 aliphatic carbocycles. The third-order valence-electron chi connectivity index (χ3n) is 6.66. The highest BCUT2D eigenvalue weighted by atomic mass is 35.5. The number of primary amides is 1. The Kier molecular flexibility index (Phi) is 7.47. The van der Waals surface area contributed by atoms with Crippen molar-refractivity contribution in [2.75, 3.05) is 6.54 Å². The topological polar surface area (TPSA) is 142 Å². The van der Waals surface area contributed by atoms with Gasteiger partial charge in [0.2, 0.25) is 11.8 Å². The quantitative estimate of drug-likeness (QED) is 0.211. The number of aliphatic hydroxyl groups is 1. The summed E-state index contributed by atoms with van der Waals surface area (Å²) in [7, 11) is 1.86. The van der Waals surface area contributed by atoms with E-state index in [1.165, 1.54) is 4.90 Å². The fraction of sp³-hybridized carbons (Fsp3) is 0.619. The van der Waals surface area contributed by atoms with Crippen LogP contribution in [0.25, 0.3) is 0 Å². The van der Waals surface area contributed by atoms with E-state index in [1.807, 2.05) is 31.0 Å². The van der Waals surface area contributed by atoms with Gasteiger partial charge in [0.1, 0.15) is 5.70 Å². The van der Waals surface area contributed by atoms with Crippen molar-refractivity contribution in [3.05, 3.63) is 28.6 Å². The molecule has 0 spiro atoms. The molecule has 0 unspecified atom stereocenters. The van der Waals surface area contributed by atoms with Crippen LogP contribution >= 0.6 is 11.8 Å². The van der Waals surface area contributed by atoms with Gasteiger partial charge in [-0.1, -0.05) is 6.92 Å². The van der Waals surface area contributed by atoms with Crippen LogP contribution in [-0.2, 0) is 34.4 Å². The van der Waals surface area contributed by atoms with E-state index in [0.29, 0.717) is 0 Å². The molecule has 33 heavy (non-hydrogen) atoms. The van der Waals surface area contributed by atoms with E-state index < -0.39 is 23.9 Å². The zero-order valence-corrected chi connectivity index (χ0v) is 20.3. The number of carbonyl (C=O) groups excluding carboxylic acids is 2. The smallest absolute Gasteiger partial charge is 0.353 e. The van der Waals surface area contributed by atoms with Crippen LogP contribution < -0.4 is 28.1 Å². The Bertz CT molecular complexity index is 996. The zero-order chi connectivity index (χ0) is 23.3. The molecule has 3 aliphatic rings. The number of nitrogens with zero attached hydrogens (tertiary/aromatic N) is 3. The van der Waals surface area contributed by atoms with Gasteiger partial charge in [-0.05, 0) is 19.8 Å². The average molecular weight is 500 g/mol. The van der Waals surface area contributed by atoms with Gasteiger partial charge >= 0.3 is 5.97 Å². The van der Waals surface area contributed by atoms with Crippen molar-refractivity contribution in [1.82, 2.24) is 14.9 Å². The molecular formula is C21H30ClN5O5S. The summed E-state index contributed by atoms with van der Waals surface area (Å²) in [5.41, 5.74) is 6.46. The van der Waals surface area contributed by atoms with Crippen molar-refractivity contribution < 1.29 is 41.7 Å². The molecule has 4 rings (SSSR count). The molecule has 0 radical (unpaired) electrons. The highest BCUT2D eigenvalue weighted by Gasteiger charge is 2.60.